The summed E-state index contributed by atoms with van der Waals surface area (Å²) in [7, 11) is -2.33. The van der Waals surface area contributed by atoms with Gasteiger partial charge in [0.15, 0.2) is 0 Å². The molecule has 6 heteroatoms. The standard InChI is InChI=1S/C22H22N2O3S/c1-4-17(5-2)16-24(18-10-7-6-8-11-18)28(25,26)21-14-13-20(27-3)22-19(21)12-9-15-23-22/h4-15H,1,16H2,2-3H3. The lowest BCUT2D eigenvalue weighted by Gasteiger charge is -2.26. The number of hydrogen-bond donors (Lipinski definition) is 0. The first-order valence-electron chi connectivity index (χ1n) is 8.80. The molecule has 0 atom stereocenters. The Hall–Kier alpha value is -3.12. The molecule has 0 aliphatic carbocycles. The van der Waals surface area contributed by atoms with E-state index < -0.39 is 10.0 Å². The lowest BCUT2D eigenvalue weighted by Crippen LogP contribution is -2.32. The number of aromatic nitrogens is 1. The second-order valence-corrected chi connectivity index (χ2v) is 7.91. The fourth-order valence-corrected chi connectivity index (χ4v) is 4.62. The summed E-state index contributed by atoms with van der Waals surface area (Å²) in [6.45, 7) is 5.83. The van der Waals surface area contributed by atoms with Gasteiger partial charge in [-0.1, -0.05) is 36.9 Å². The van der Waals surface area contributed by atoms with E-state index in [-0.39, 0.29) is 11.4 Å². The second-order valence-electron chi connectivity index (χ2n) is 6.08. The summed E-state index contributed by atoms with van der Waals surface area (Å²) in [5.74, 6) is 0.529. The van der Waals surface area contributed by atoms with Crippen molar-refractivity contribution in [3.63, 3.8) is 0 Å². The molecule has 1 aromatic heterocycles. The Kier molecular flexibility index (Phi) is 5.80. The number of pyridine rings is 1. The minimum Gasteiger partial charge on any atom is -0.494 e. The summed E-state index contributed by atoms with van der Waals surface area (Å²) in [6, 6.07) is 15.7. The molecule has 0 radical (unpaired) electrons. The van der Waals surface area contributed by atoms with E-state index >= 15 is 0 Å². The lowest BCUT2D eigenvalue weighted by atomic mass is 10.2. The van der Waals surface area contributed by atoms with Crippen LogP contribution in [0.4, 0.5) is 5.69 Å². The first-order chi connectivity index (χ1) is 13.5. The van der Waals surface area contributed by atoms with Crippen molar-refractivity contribution >= 4 is 26.6 Å². The molecule has 0 saturated carbocycles. The number of rotatable bonds is 7. The molecule has 0 amide bonds. The van der Waals surface area contributed by atoms with Crippen molar-refractivity contribution < 1.29 is 13.2 Å². The number of fused-ring (bicyclic) bond motifs is 1. The maximum Gasteiger partial charge on any atom is 0.265 e. The Labute approximate surface area is 165 Å². The molecule has 0 bridgehead atoms. The van der Waals surface area contributed by atoms with Crippen molar-refractivity contribution in [3.8, 4) is 5.75 Å². The molecular weight excluding hydrogens is 372 g/mol. The third-order valence-electron chi connectivity index (χ3n) is 4.48. The molecule has 1 heterocycles. The highest BCUT2D eigenvalue weighted by Gasteiger charge is 2.28. The van der Waals surface area contributed by atoms with Gasteiger partial charge in [0.1, 0.15) is 11.3 Å². The Balaban J connectivity index is 2.23. The molecule has 0 aliphatic heterocycles. The lowest BCUT2D eigenvalue weighted by molar-refractivity contribution is 0.418. The van der Waals surface area contributed by atoms with Crippen molar-refractivity contribution in [3.05, 3.63) is 85.1 Å². The van der Waals surface area contributed by atoms with Crippen LogP contribution in [0.2, 0.25) is 0 Å². The fourth-order valence-electron chi connectivity index (χ4n) is 2.98. The van der Waals surface area contributed by atoms with Crippen molar-refractivity contribution in [2.45, 2.75) is 11.8 Å². The molecule has 2 aromatic carbocycles. The van der Waals surface area contributed by atoms with Gasteiger partial charge in [-0.2, -0.15) is 0 Å². The quantitative estimate of drug-likeness (QED) is 0.551. The number of para-hydroxylation sites is 1. The molecule has 5 nitrogen and oxygen atoms in total. The summed E-state index contributed by atoms with van der Waals surface area (Å²) in [5, 5.41) is 0.517. The van der Waals surface area contributed by atoms with Crippen LogP contribution >= 0.6 is 0 Å². The van der Waals surface area contributed by atoms with Gasteiger partial charge in [-0.25, -0.2) is 8.42 Å². The fraction of sp³-hybridized carbons (Fsp3) is 0.136. The molecule has 28 heavy (non-hydrogen) atoms. The van der Waals surface area contributed by atoms with Crippen LogP contribution in [0.15, 0.2) is 90.0 Å². The molecule has 0 unspecified atom stereocenters. The van der Waals surface area contributed by atoms with Crippen LogP contribution in [0.25, 0.3) is 10.9 Å². The van der Waals surface area contributed by atoms with Gasteiger partial charge in [0.25, 0.3) is 10.0 Å². The number of methoxy groups -OCH3 is 1. The molecule has 0 N–H and O–H groups in total. The first kappa shape index (κ1) is 19.6. The first-order valence-corrected chi connectivity index (χ1v) is 10.2. The van der Waals surface area contributed by atoms with E-state index in [0.717, 1.165) is 5.57 Å². The highest BCUT2D eigenvalue weighted by Crippen LogP contribution is 2.33. The van der Waals surface area contributed by atoms with E-state index in [1.165, 1.54) is 11.4 Å². The van der Waals surface area contributed by atoms with E-state index in [0.29, 0.717) is 22.3 Å². The van der Waals surface area contributed by atoms with Crippen molar-refractivity contribution in [2.75, 3.05) is 18.0 Å². The Morgan fingerprint density at radius 2 is 1.89 bits per heavy atom. The zero-order valence-corrected chi connectivity index (χ0v) is 16.7. The third-order valence-corrected chi connectivity index (χ3v) is 6.32. The third kappa shape index (κ3) is 3.64. The van der Waals surface area contributed by atoms with Crippen LogP contribution in [-0.4, -0.2) is 27.1 Å². The van der Waals surface area contributed by atoms with Crippen LogP contribution in [0.3, 0.4) is 0 Å². The van der Waals surface area contributed by atoms with Gasteiger partial charge in [0.2, 0.25) is 0 Å². The summed E-state index contributed by atoms with van der Waals surface area (Å²) in [5.41, 5.74) is 1.90. The predicted octanol–water partition coefficient (Wildman–Crippen LogP) is 4.57. The second kappa shape index (κ2) is 8.27. The summed E-state index contributed by atoms with van der Waals surface area (Å²) < 4.78 is 34.2. The van der Waals surface area contributed by atoms with Gasteiger partial charge in [0.05, 0.1) is 24.2 Å². The largest absolute Gasteiger partial charge is 0.494 e. The van der Waals surface area contributed by atoms with Gasteiger partial charge in [-0.15, -0.1) is 0 Å². The number of ether oxygens (including phenoxy) is 1. The van der Waals surface area contributed by atoms with Crippen LogP contribution in [-0.2, 0) is 10.0 Å². The highest BCUT2D eigenvalue weighted by molar-refractivity contribution is 7.93. The van der Waals surface area contributed by atoms with Gasteiger partial charge < -0.3 is 4.74 Å². The van der Waals surface area contributed by atoms with Crippen molar-refractivity contribution in [1.82, 2.24) is 4.98 Å². The van der Waals surface area contributed by atoms with Crippen LogP contribution in [0.5, 0.6) is 5.75 Å². The normalized spacial score (nSPS) is 12.0. The smallest absolute Gasteiger partial charge is 0.265 e. The highest BCUT2D eigenvalue weighted by atomic mass is 32.2. The zero-order chi connectivity index (χ0) is 20.1. The number of hydrogen-bond acceptors (Lipinski definition) is 4. The number of nitrogens with zero attached hydrogens (tertiary/aromatic N) is 2. The van der Waals surface area contributed by atoms with Gasteiger partial charge in [-0.3, -0.25) is 9.29 Å². The number of anilines is 1. The van der Waals surface area contributed by atoms with E-state index in [2.05, 4.69) is 11.6 Å². The topological polar surface area (TPSA) is 59.5 Å². The van der Waals surface area contributed by atoms with Gasteiger partial charge >= 0.3 is 0 Å². The number of allylic oxidation sites excluding steroid dienone is 1. The molecule has 0 fully saturated rings. The van der Waals surface area contributed by atoms with Crippen molar-refractivity contribution in [2.24, 2.45) is 0 Å². The minimum absolute atomic E-state index is 0.180. The molecular formula is C22H22N2O3S. The van der Waals surface area contributed by atoms with Gasteiger partial charge in [-0.05, 0) is 48.9 Å². The van der Waals surface area contributed by atoms with E-state index in [9.17, 15) is 8.42 Å². The Morgan fingerprint density at radius 1 is 1.14 bits per heavy atom. The average molecular weight is 394 g/mol. The van der Waals surface area contributed by atoms with Crippen LogP contribution in [0, 0.1) is 0 Å². The SMILES string of the molecule is C=CC(=CC)CN(c1ccccc1)S(=O)(=O)c1ccc(OC)c2ncccc12. The minimum atomic E-state index is -3.87. The number of sulfonamides is 1. The Morgan fingerprint density at radius 3 is 2.54 bits per heavy atom. The van der Waals surface area contributed by atoms with Gasteiger partial charge in [0, 0.05) is 11.6 Å². The zero-order valence-electron chi connectivity index (χ0n) is 15.9. The molecule has 3 rings (SSSR count). The van der Waals surface area contributed by atoms with E-state index in [4.69, 9.17) is 4.74 Å². The molecule has 0 aliphatic rings. The summed E-state index contributed by atoms with van der Waals surface area (Å²) >= 11 is 0. The monoisotopic (exact) mass is 394 g/mol. The molecule has 0 spiro atoms. The molecule has 3 aromatic rings. The van der Waals surface area contributed by atoms with Crippen molar-refractivity contribution in [1.29, 1.82) is 0 Å². The summed E-state index contributed by atoms with van der Waals surface area (Å²) in [6.07, 6.45) is 5.14. The van der Waals surface area contributed by atoms with Crippen LogP contribution < -0.4 is 9.04 Å². The van der Waals surface area contributed by atoms with E-state index in [1.807, 2.05) is 31.2 Å². The molecule has 144 valence electrons. The van der Waals surface area contributed by atoms with E-state index in [1.54, 1.807) is 48.7 Å². The maximum atomic E-state index is 13.7. The average Bonchev–Trinajstić information content (AvgIpc) is 2.74. The predicted molar refractivity (Wildman–Crippen MR) is 113 cm³/mol. The van der Waals surface area contributed by atoms with Crippen LogP contribution in [0.1, 0.15) is 6.92 Å². The number of benzene rings is 2. The maximum absolute atomic E-state index is 13.7. The summed E-state index contributed by atoms with van der Waals surface area (Å²) in [4.78, 5) is 4.50. The molecule has 0 saturated heterocycles. The Bertz CT molecular complexity index is 1120.